The first-order valence-electron chi connectivity index (χ1n) is 8.34. The largest absolute Gasteiger partial charge is 0.392 e. The highest BCUT2D eigenvalue weighted by Gasteiger charge is 2.21. The molecule has 0 amide bonds. The Morgan fingerprint density at radius 3 is 2.70 bits per heavy atom. The van der Waals surface area contributed by atoms with E-state index in [1.165, 1.54) is 5.56 Å². The van der Waals surface area contributed by atoms with Gasteiger partial charge in [-0.3, -0.25) is 9.62 Å². The van der Waals surface area contributed by atoms with Gasteiger partial charge in [-0.05, 0) is 30.7 Å². The molecule has 0 aliphatic carbocycles. The number of piperazine rings is 1. The second-order valence-corrected chi connectivity index (χ2v) is 7.01. The van der Waals surface area contributed by atoms with Crippen LogP contribution in [0.4, 0.5) is 5.69 Å². The van der Waals surface area contributed by atoms with Crippen molar-refractivity contribution in [3.8, 4) is 0 Å². The third-order valence-corrected chi connectivity index (χ3v) is 5.27. The van der Waals surface area contributed by atoms with Gasteiger partial charge in [0.25, 0.3) is 0 Å². The molecule has 1 aliphatic heterocycles. The van der Waals surface area contributed by atoms with Gasteiger partial charge in [-0.1, -0.05) is 42.6 Å². The molecule has 1 heterocycles. The molecule has 0 saturated carbocycles. The molecule has 1 atom stereocenters. The van der Waals surface area contributed by atoms with Crippen molar-refractivity contribution in [3.63, 3.8) is 0 Å². The Hall–Kier alpha value is -0.460. The molecule has 2 rings (SSSR count). The van der Waals surface area contributed by atoms with E-state index in [0.29, 0.717) is 0 Å². The molecular formula is C17H28ClN3OS. The number of β-amino-alcohol motifs (C(OH)–C–C–N with tert-alkyl or cyclic N) is 1. The summed E-state index contributed by atoms with van der Waals surface area (Å²) in [7, 11) is 0. The van der Waals surface area contributed by atoms with E-state index >= 15 is 0 Å². The molecule has 130 valence electrons. The van der Waals surface area contributed by atoms with E-state index in [1.54, 1.807) is 11.9 Å². The van der Waals surface area contributed by atoms with Crippen molar-refractivity contribution in [3.05, 3.63) is 28.8 Å². The van der Waals surface area contributed by atoms with Gasteiger partial charge >= 0.3 is 0 Å². The Morgan fingerprint density at radius 2 is 2.04 bits per heavy atom. The first-order valence-corrected chi connectivity index (χ1v) is 9.94. The normalized spacial score (nSPS) is 17.5. The number of benzene rings is 1. The highest BCUT2D eigenvalue weighted by molar-refractivity contribution is 7.96. The van der Waals surface area contributed by atoms with Crippen LogP contribution in [-0.2, 0) is 6.42 Å². The number of aliphatic hydroxyl groups is 1. The number of halogens is 1. The molecule has 0 bridgehead atoms. The summed E-state index contributed by atoms with van der Waals surface area (Å²) in [6.45, 7) is 7.61. The predicted molar refractivity (Wildman–Crippen MR) is 102 cm³/mol. The second-order valence-electron chi connectivity index (χ2n) is 5.93. The Bertz CT molecular complexity index is 481. The molecular weight excluding hydrogens is 330 g/mol. The fraction of sp³-hybridized carbons (Fsp3) is 0.647. The van der Waals surface area contributed by atoms with Gasteiger partial charge in [0.15, 0.2) is 0 Å². The molecule has 1 aliphatic rings. The molecule has 23 heavy (non-hydrogen) atoms. The van der Waals surface area contributed by atoms with Crippen molar-refractivity contribution < 1.29 is 5.11 Å². The van der Waals surface area contributed by atoms with Gasteiger partial charge in [0.1, 0.15) is 0 Å². The van der Waals surface area contributed by atoms with Crippen molar-refractivity contribution in [2.75, 3.05) is 50.4 Å². The smallest absolute Gasteiger partial charge is 0.0679 e. The lowest BCUT2D eigenvalue weighted by atomic mass is 10.1. The standard InChI is InChI=1S/C17H28ClN3OS/c1-3-14-5-4-6-16(17(14)18)21-11-9-20(10-12-21)13-15(22)7-8-19-23-2/h4-6,15,19,22H,3,7-13H2,1-2H3. The molecule has 1 saturated heterocycles. The number of aliphatic hydroxyl groups excluding tert-OH is 1. The van der Waals surface area contributed by atoms with Gasteiger partial charge in [0.05, 0.1) is 16.8 Å². The van der Waals surface area contributed by atoms with E-state index in [9.17, 15) is 5.11 Å². The summed E-state index contributed by atoms with van der Waals surface area (Å²) < 4.78 is 3.18. The molecule has 1 aromatic carbocycles. The number of nitrogens with one attached hydrogen (secondary N) is 1. The maximum absolute atomic E-state index is 10.1. The maximum Gasteiger partial charge on any atom is 0.0679 e. The molecule has 0 radical (unpaired) electrons. The van der Waals surface area contributed by atoms with Gasteiger partial charge < -0.3 is 10.0 Å². The minimum Gasteiger partial charge on any atom is -0.392 e. The van der Waals surface area contributed by atoms with Gasteiger partial charge in [-0.25, -0.2) is 0 Å². The van der Waals surface area contributed by atoms with Crippen LogP contribution in [-0.4, -0.2) is 61.6 Å². The van der Waals surface area contributed by atoms with Gasteiger partial charge in [-0.15, -0.1) is 0 Å². The van der Waals surface area contributed by atoms with Crippen LogP contribution < -0.4 is 9.62 Å². The lowest BCUT2D eigenvalue weighted by Gasteiger charge is -2.37. The average Bonchev–Trinajstić information content (AvgIpc) is 2.56. The van der Waals surface area contributed by atoms with Crippen LogP contribution in [0.2, 0.25) is 5.02 Å². The first-order chi connectivity index (χ1) is 11.2. The molecule has 2 N–H and O–H groups in total. The monoisotopic (exact) mass is 357 g/mol. The quantitative estimate of drug-likeness (QED) is 0.552. The van der Waals surface area contributed by atoms with Crippen molar-refractivity contribution >= 4 is 29.2 Å². The number of anilines is 1. The van der Waals surface area contributed by atoms with E-state index in [4.69, 9.17) is 11.6 Å². The molecule has 4 nitrogen and oxygen atoms in total. The summed E-state index contributed by atoms with van der Waals surface area (Å²) in [5.74, 6) is 0. The first kappa shape index (κ1) is 18.9. The van der Waals surface area contributed by atoms with E-state index in [0.717, 1.165) is 62.8 Å². The van der Waals surface area contributed by atoms with Crippen molar-refractivity contribution in [2.24, 2.45) is 0 Å². The summed E-state index contributed by atoms with van der Waals surface area (Å²) in [5.41, 5.74) is 2.36. The highest BCUT2D eigenvalue weighted by atomic mass is 35.5. The molecule has 6 heteroatoms. The lowest BCUT2D eigenvalue weighted by molar-refractivity contribution is 0.103. The number of hydrogen-bond acceptors (Lipinski definition) is 5. The van der Waals surface area contributed by atoms with Crippen LogP contribution in [0.25, 0.3) is 0 Å². The fourth-order valence-electron chi connectivity index (χ4n) is 2.97. The lowest BCUT2D eigenvalue weighted by Crippen LogP contribution is -2.48. The summed E-state index contributed by atoms with van der Waals surface area (Å²) in [6, 6.07) is 6.30. The number of aryl methyl sites for hydroxylation is 1. The molecule has 0 aromatic heterocycles. The summed E-state index contributed by atoms with van der Waals surface area (Å²) in [6.07, 6.45) is 3.51. The van der Waals surface area contributed by atoms with Crippen LogP contribution in [0.1, 0.15) is 18.9 Å². The minimum absolute atomic E-state index is 0.256. The summed E-state index contributed by atoms with van der Waals surface area (Å²) in [4.78, 5) is 4.71. The molecule has 0 spiro atoms. The van der Waals surface area contributed by atoms with Gasteiger partial charge in [-0.2, -0.15) is 0 Å². The average molecular weight is 358 g/mol. The van der Waals surface area contributed by atoms with Crippen LogP contribution in [0, 0.1) is 0 Å². The molecule has 1 fully saturated rings. The Balaban J connectivity index is 1.82. The third kappa shape index (κ3) is 5.54. The SMILES string of the molecule is CCc1cccc(N2CCN(CC(O)CCNSC)CC2)c1Cl. The van der Waals surface area contributed by atoms with Crippen LogP contribution in [0.3, 0.4) is 0 Å². The molecule has 1 aromatic rings. The summed E-state index contributed by atoms with van der Waals surface area (Å²) >= 11 is 8.13. The van der Waals surface area contributed by atoms with Crippen LogP contribution in [0.5, 0.6) is 0 Å². The van der Waals surface area contributed by atoms with Gasteiger partial charge in [0, 0.05) is 39.3 Å². The Labute approximate surface area is 149 Å². The minimum atomic E-state index is -0.256. The van der Waals surface area contributed by atoms with E-state index in [2.05, 4.69) is 39.6 Å². The zero-order chi connectivity index (χ0) is 16.7. The van der Waals surface area contributed by atoms with Gasteiger partial charge in [0.2, 0.25) is 0 Å². The van der Waals surface area contributed by atoms with Crippen molar-refractivity contribution in [1.29, 1.82) is 0 Å². The fourth-order valence-corrected chi connectivity index (χ4v) is 3.67. The maximum atomic E-state index is 10.1. The second kappa shape index (κ2) is 9.74. The third-order valence-electron chi connectivity index (χ3n) is 4.35. The van der Waals surface area contributed by atoms with Crippen molar-refractivity contribution in [1.82, 2.24) is 9.62 Å². The topological polar surface area (TPSA) is 38.7 Å². The van der Waals surface area contributed by atoms with Crippen LogP contribution in [0.15, 0.2) is 18.2 Å². The number of rotatable bonds is 8. The van der Waals surface area contributed by atoms with E-state index < -0.39 is 0 Å². The summed E-state index contributed by atoms with van der Waals surface area (Å²) in [5, 5.41) is 11.0. The van der Waals surface area contributed by atoms with E-state index in [-0.39, 0.29) is 6.10 Å². The predicted octanol–water partition coefficient (Wildman–Crippen LogP) is 2.64. The zero-order valence-electron chi connectivity index (χ0n) is 14.1. The number of hydrogen-bond donors (Lipinski definition) is 2. The van der Waals surface area contributed by atoms with Crippen molar-refractivity contribution in [2.45, 2.75) is 25.9 Å². The number of nitrogens with zero attached hydrogens (tertiary/aromatic N) is 2. The zero-order valence-corrected chi connectivity index (χ0v) is 15.7. The van der Waals surface area contributed by atoms with Crippen LogP contribution >= 0.6 is 23.5 Å². The van der Waals surface area contributed by atoms with E-state index in [1.807, 2.05) is 6.26 Å². The molecule has 1 unspecified atom stereocenters. The highest BCUT2D eigenvalue weighted by Crippen LogP contribution is 2.30. The Morgan fingerprint density at radius 1 is 1.30 bits per heavy atom. The Kier molecular flexibility index (Phi) is 7.99.